The summed E-state index contributed by atoms with van der Waals surface area (Å²) in [7, 11) is 0. The van der Waals surface area contributed by atoms with Crippen molar-refractivity contribution < 1.29 is 13.9 Å². The van der Waals surface area contributed by atoms with Gasteiger partial charge in [0, 0.05) is 5.56 Å². The molecule has 0 saturated carbocycles. The molecule has 1 N–H and O–H groups in total. The molecular formula is C16H13F2N3O. The molecule has 6 heteroatoms. The maximum Gasteiger partial charge on any atom is 0.159 e. The summed E-state index contributed by atoms with van der Waals surface area (Å²) in [4.78, 5) is 0. The number of benzene rings is 2. The van der Waals surface area contributed by atoms with Crippen molar-refractivity contribution in [3.63, 3.8) is 0 Å². The summed E-state index contributed by atoms with van der Waals surface area (Å²) in [6, 6.07) is 11.0. The van der Waals surface area contributed by atoms with E-state index in [1.54, 1.807) is 0 Å². The van der Waals surface area contributed by atoms with E-state index in [2.05, 4.69) is 10.3 Å². The van der Waals surface area contributed by atoms with Crippen molar-refractivity contribution >= 4 is 0 Å². The van der Waals surface area contributed by atoms with Gasteiger partial charge >= 0.3 is 0 Å². The number of aliphatic hydroxyl groups excluding tert-OH is 1. The van der Waals surface area contributed by atoms with E-state index in [4.69, 9.17) is 0 Å². The molecule has 1 heterocycles. The van der Waals surface area contributed by atoms with E-state index in [9.17, 15) is 13.9 Å². The normalized spacial score (nSPS) is 10.9. The second kappa shape index (κ2) is 5.65. The molecule has 2 aromatic carbocycles. The minimum atomic E-state index is -0.960. The molecule has 0 spiro atoms. The molecule has 0 amide bonds. The molecule has 4 nitrogen and oxygen atoms in total. The van der Waals surface area contributed by atoms with Crippen molar-refractivity contribution in [1.82, 2.24) is 15.0 Å². The zero-order valence-corrected chi connectivity index (χ0v) is 11.8. The van der Waals surface area contributed by atoms with Crippen LogP contribution in [0.25, 0.3) is 16.9 Å². The van der Waals surface area contributed by atoms with Gasteiger partial charge in [-0.3, -0.25) is 0 Å². The summed E-state index contributed by atoms with van der Waals surface area (Å²) < 4.78 is 28.1. The highest BCUT2D eigenvalue weighted by Gasteiger charge is 2.17. The van der Waals surface area contributed by atoms with Gasteiger partial charge in [0.2, 0.25) is 0 Å². The van der Waals surface area contributed by atoms with Crippen LogP contribution in [0.1, 0.15) is 11.3 Å². The van der Waals surface area contributed by atoms with Crippen molar-refractivity contribution in [2.24, 2.45) is 0 Å². The summed E-state index contributed by atoms with van der Waals surface area (Å²) in [6.45, 7) is 1.61. The molecule has 22 heavy (non-hydrogen) atoms. The molecule has 0 saturated heterocycles. The highest BCUT2D eigenvalue weighted by Crippen LogP contribution is 2.26. The molecule has 1 aromatic heterocycles. The third-order valence-electron chi connectivity index (χ3n) is 3.36. The summed E-state index contributed by atoms with van der Waals surface area (Å²) in [5, 5.41) is 17.3. The average Bonchev–Trinajstić information content (AvgIpc) is 2.94. The topological polar surface area (TPSA) is 50.9 Å². The van der Waals surface area contributed by atoms with Crippen LogP contribution in [0, 0.1) is 18.6 Å². The lowest BCUT2D eigenvalue weighted by molar-refractivity contribution is 0.277. The van der Waals surface area contributed by atoms with E-state index in [0.717, 1.165) is 23.4 Å². The number of hydrogen-bond donors (Lipinski definition) is 1. The van der Waals surface area contributed by atoms with Gasteiger partial charge in [-0.15, -0.1) is 5.10 Å². The number of nitrogens with zero attached hydrogens (tertiary/aromatic N) is 3. The molecule has 3 aromatic rings. The second-order valence-electron chi connectivity index (χ2n) is 4.92. The number of rotatable bonds is 3. The zero-order chi connectivity index (χ0) is 15.7. The quantitative estimate of drug-likeness (QED) is 0.809. The molecule has 112 valence electrons. The fourth-order valence-corrected chi connectivity index (χ4v) is 2.22. The minimum absolute atomic E-state index is 0.298. The van der Waals surface area contributed by atoms with Crippen LogP contribution in [0.3, 0.4) is 0 Å². The van der Waals surface area contributed by atoms with Gasteiger partial charge in [-0.25, -0.2) is 13.5 Å². The highest BCUT2D eigenvalue weighted by atomic mass is 19.2. The Morgan fingerprint density at radius 2 is 1.77 bits per heavy atom. The van der Waals surface area contributed by atoms with Crippen LogP contribution >= 0.6 is 0 Å². The smallest absolute Gasteiger partial charge is 0.159 e. The Kier molecular flexibility index (Phi) is 3.68. The number of halogens is 2. The van der Waals surface area contributed by atoms with E-state index in [0.29, 0.717) is 17.0 Å². The minimum Gasteiger partial charge on any atom is -0.390 e. The van der Waals surface area contributed by atoms with Gasteiger partial charge in [-0.2, -0.15) is 0 Å². The van der Waals surface area contributed by atoms with Crippen molar-refractivity contribution in [2.75, 3.05) is 0 Å². The van der Waals surface area contributed by atoms with Crippen LogP contribution < -0.4 is 0 Å². The Labute approximate surface area is 125 Å². The predicted octanol–water partition coefficient (Wildman–Crippen LogP) is 3.01. The first-order valence-electron chi connectivity index (χ1n) is 6.68. The lowest BCUT2D eigenvalue weighted by Crippen LogP contribution is -2.01. The van der Waals surface area contributed by atoms with Gasteiger partial charge in [-0.1, -0.05) is 22.9 Å². The van der Waals surface area contributed by atoms with Gasteiger partial charge < -0.3 is 5.11 Å². The predicted molar refractivity (Wildman–Crippen MR) is 77.4 cm³/mol. The summed E-state index contributed by atoms with van der Waals surface area (Å²) >= 11 is 0. The van der Waals surface area contributed by atoms with Gasteiger partial charge in [0.05, 0.1) is 12.3 Å². The van der Waals surface area contributed by atoms with Crippen molar-refractivity contribution in [2.45, 2.75) is 13.5 Å². The lowest BCUT2D eigenvalue weighted by Gasteiger charge is -2.08. The van der Waals surface area contributed by atoms with E-state index in [-0.39, 0.29) is 6.61 Å². The Morgan fingerprint density at radius 1 is 1.05 bits per heavy atom. The first-order chi connectivity index (χ1) is 10.6. The second-order valence-corrected chi connectivity index (χ2v) is 4.92. The Hall–Kier alpha value is -2.60. The van der Waals surface area contributed by atoms with Crippen LogP contribution in [-0.4, -0.2) is 20.1 Å². The fourth-order valence-electron chi connectivity index (χ4n) is 2.22. The number of aryl methyl sites for hydroxylation is 1. The van der Waals surface area contributed by atoms with Crippen LogP contribution in [-0.2, 0) is 6.61 Å². The molecule has 0 radical (unpaired) electrons. The van der Waals surface area contributed by atoms with Gasteiger partial charge in [0.1, 0.15) is 11.4 Å². The monoisotopic (exact) mass is 301 g/mol. The van der Waals surface area contributed by atoms with Crippen LogP contribution in [0.5, 0.6) is 0 Å². The average molecular weight is 301 g/mol. The summed E-state index contributed by atoms with van der Waals surface area (Å²) in [5.41, 5.74) is 2.93. The molecule has 0 atom stereocenters. The number of aliphatic hydroxyl groups is 1. The SMILES string of the molecule is Cc1ccc(-n2nnc(CO)c2-c2ccc(F)c(F)c2)cc1. The Bertz CT molecular complexity index is 813. The van der Waals surface area contributed by atoms with Crippen molar-refractivity contribution in [3.05, 3.63) is 65.4 Å². The van der Waals surface area contributed by atoms with Crippen LogP contribution in [0.15, 0.2) is 42.5 Å². The van der Waals surface area contributed by atoms with E-state index in [1.165, 1.54) is 10.7 Å². The van der Waals surface area contributed by atoms with Gasteiger partial charge in [0.25, 0.3) is 0 Å². The Balaban J connectivity index is 2.19. The van der Waals surface area contributed by atoms with E-state index < -0.39 is 11.6 Å². The zero-order valence-electron chi connectivity index (χ0n) is 11.8. The fraction of sp³-hybridized carbons (Fsp3) is 0.125. The maximum absolute atomic E-state index is 13.5. The summed E-state index contributed by atoms with van der Waals surface area (Å²) in [6.07, 6.45) is 0. The molecule has 0 aliphatic carbocycles. The Morgan fingerprint density at radius 3 is 2.41 bits per heavy atom. The van der Waals surface area contributed by atoms with E-state index >= 15 is 0 Å². The van der Waals surface area contributed by atoms with Gasteiger partial charge in [0.15, 0.2) is 11.6 Å². The first-order valence-corrected chi connectivity index (χ1v) is 6.68. The van der Waals surface area contributed by atoms with Crippen LogP contribution in [0.2, 0.25) is 0 Å². The third kappa shape index (κ3) is 2.48. The molecular weight excluding hydrogens is 288 g/mol. The van der Waals surface area contributed by atoms with E-state index in [1.807, 2.05) is 31.2 Å². The van der Waals surface area contributed by atoms with Crippen molar-refractivity contribution in [3.8, 4) is 16.9 Å². The lowest BCUT2D eigenvalue weighted by atomic mass is 10.1. The third-order valence-corrected chi connectivity index (χ3v) is 3.36. The highest BCUT2D eigenvalue weighted by molar-refractivity contribution is 5.64. The maximum atomic E-state index is 13.5. The molecule has 0 aliphatic heterocycles. The molecule has 0 unspecified atom stereocenters. The number of aromatic nitrogens is 3. The largest absolute Gasteiger partial charge is 0.390 e. The summed E-state index contributed by atoms with van der Waals surface area (Å²) in [5.74, 6) is -1.89. The molecule has 0 bridgehead atoms. The number of hydrogen-bond acceptors (Lipinski definition) is 3. The standard InChI is InChI=1S/C16H13F2N3O/c1-10-2-5-12(6-3-10)21-16(15(9-22)19-20-21)11-4-7-13(17)14(18)8-11/h2-8,22H,9H2,1H3. The molecule has 0 aliphatic rings. The van der Waals surface area contributed by atoms with Crippen LogP contribution in [0.4, 0.5) is 8.78 Å². The van der Waals surface area contributed by atoms with Gasteiger partial charge in [-0.05, 0) is 37.3 Å². The molecule has 3 rings (SSSR count). The molecule has 0 fully saturated rings. The van der Waals surface area contributed by atoms with Crippen molar-refractivity contribution in [1.29, 1.82) is 0 Å². The first kappa shape index (κ1) is 14.3.